The zero-order valence-electron chi connectivity index (χ0n) is 15.2. The van der Waals surface area contributed by atoms with Gasteiger partial charge in [-0.15, -0.1) is 15.3 Å². The highest BCUT2D eigenvalue weighted by Crippen LogP contribution is 2.38. The fourth-order valence-electron chi connectivity index (χ4n) is 3.47. The average Bonchev–Trinajstić information content (AvgIpc) is 3.21. The summed E-state index contributed by atoms with van der Waals surface area (Å²) in [6, 6.07) is 4.61. The Kier molecular flexibility index (Phi) is 3.66. The third kappa shape index (κ3) is 2.84. The van der Waals surface area contributed by atoms with Crippen LogP contribution >= 0.6 is 0 Å². The molecule has 0 unspecified atom stereocenters. The third-order valence-corrected chi connectivity index (χ3v) is 5.41. The highest BCUT2D eigenvalue weighted by molar-refractivity contribution is 5.48. The quantitative estimate of drug-likeness (QED) is 0.667. The molecule has 2 aliphatic rings. The lowest BCUT2D eigenvalue weighted by Gasteiger charge is -2.44. The zero-order chi connectivity index (χ0) is 17.7. The minimum atomic E-state index is 0.542. The highest BCUT2D eigenvalue weighted by atomic mass is 16.4. The van der Waals surface area contributed by atoms with Gasteiger partial charge in [-0.2, -0.15) is 4.52 Å². The number of likely N-dealkylation sites (N-methyl/N-ethyl adjacent to an activating group) is 1. The molecule has 26 heavy (non-hydrogen) atoms. The van der Waals surface area contributed by atoms with Gasteiger partial charge in [-0.1, -0.05) is 0 Å². The number of hydrogen-bond donors (Lipinski definition) is 0. The predicted molar refractivity (Wildman–Crippen MR) is 96.3 cm³/mol. The van der Waals surface area contributed by atoms with Crippen LogP contribution in [0.2, 0.25) is 0 Å². The van der Waals surface area contributed by atoms with Crippen LogP contribution in [0.4, 0.5) is 5.82 Å². The summed E-state index contributed by atoms with van der Waals surface area (Å²) in [6.45, 7) is 4.83. The van der Waals surface area contributed by atoms with Crippen LogP contribution in [0.15, 0.2) is 22.7 Å². The Hall–Kier alpha value is -2.48. The molecule has 1 saturated heterocycles. The van der Waals surface area contributed by atoms with E-state index in [0.717, 1.165) is 55.0 Å². The Bertz CT molecular complexity index is 923. The van der Waals surface area contributed by atoms with Crippen molar-refractivity contribution in [3.8, 4) is 0 Å². The zero-order valence-corrected chi connectivity index (χ0v) is 15.2. The van der Waals surface area contributed by atoms with Crippen LogP contribution in [-0.4, -0.2) is 62.4 Å². The summed E-state index contributed by atoms with van der Waals surface area (Å²) in [5.74, 6) is 4.26. The van der Waals surface area contributed by atoms with Crippen LogP contribution in [0.1, 0.15) is 36.2 Å². The molecule has 0 radical (unpaired) electrons. The van der Waals surface area contributed by atoms with E-state index in [0.29, 0.717) is 12.0 Å². The molecule has 3 aromatic heterocycles. The van der Waals surface area contributed by atoms with Gasteiger partial charge in [0.1, 0.15) is 11.6 Å². The predicted octanol–water partition coefficient (Wildman–Crippen LogP) is 1.66. The van der Waals surface area contributed by atoms with Crippen LogP contribution in [-0.2, 0) is 6.42 Å². The molecule has 8 heteroatoms. The SMILES string of the molecule is Cc1ncc(CCN(C)C2CN(c3ccc4nnc(C5CC5)n4n3)C2)o1. The number of nitrogens with zero attached hydrogens (tertiary/aromatic N) is 7. The van der Waals surface area contributed by atoms with Gasteiger partial charge in [-0.25, -0.2) is 4.98 Å². The molecule has 0 atom stereocenters. The van der Waals surface area contributed by atoms with Gasteiger partial charge >= 0.3 is 0 Å². The van der Waals surface area contributed by atoms with Crippen LogP contribution in [0.25, 0.3) is 5.65 Å². The molecule has 0 N–H and O–H groups in total. The van der Waals surface area contributed by atoms with Gasteiger partial charge in [0.15, 0.2) is 17.4 Å². The number of aryl methyl sites for hydroxylation is 1. The van der Waals surface area contributed by atoms with E-state index in [1.165, 1.54) is 12.8 Å². The van der Waals surface area contributed by atoms with Crippen molar-refractivity contribution in [1.82, 2.24) is 29.7 Å². The fourth-order valence-corrected chi connectivity index (χ4v) is 3.47. The number of oxazole rings is 1. The maximum absolute atomic E-state index is 5.55. The first-order valence-corrected chi connectivity index (χ1v) is 9.26. The molecule has 136 valence electrons. The second kappa shape index (κ2) is 6.05. The first-order chi connectivity index (χ1) is 12.7. The minimum absolute atomic E-state index is 0.542. The second-order valence-electron chi connectivity index (χ2n) is 7.43. The van der Waals surface area contributed by atoms with E-state index in [2.05, 4.69) is 32.0 Å². The van der Waals surface area contributed by atoms with Crippen molar-refractivity contribution < 1.29 is 4.42 Å². The smallest absolute Gasteiger partial charge is 0.191 e. The Balaban J connectivity index is 1.20. The molecule has 1 aliphatic carbocycles. The van der Waals surface area contributed by atoms with Crippen molar-refractivity contribution in [2.75, 3.05) is 31.6 Å². The molecule has 3 aromatic rings. The fraction of sp³-hybridized carbons (Fsp3) is 0.556. The van der Waals surface area contributed by atoms with E-state index in [-0.39, 0.29) is 0 Å². The monoisotopic (exact) mass is 353 g/mol. The first kappa shape index (κ1) is 15.7. The summed E-state index contributed by atoms with van der Waals surface area (Å²) in [7, 11) is 2.17. The Morgan fingerprint density at radius 3 is 2.81 bits per heavy atom. The van der Waals surface area contributed by atoms with E-state index in [1.54, 1.807) is 0 Å². The standard InChI is InChI=1S/C18H23N7O/c1-12-19-9-15(26-12)7-8-23(2)14-10-24(11-14)17-6-5-16-20-21-18(13-3-4-13)25(16)22-17/h5-6,9,13-14H,3-4,7-8,10-11H2,1-2H3. The van der Waals surface area contributed by atoms with Gasteiger partial charge in [0.25, 0.3) is 0 Å². The van der Waals surface area contributed by atoms with E-state index >= 15 is 0 Å². The normalized spacial score (nSPS) is 18.0. The van der Waals surface area contributed by atoms with Crippen molar-refractivity contribution in [2.45, 2.75) is 38.1 Å². The van der Waals surface area contributed by atoms with E-state index in [4.69, 9.17) is 9.52 Å². The van der Waals surface area contributed by atoms with E-state index < -0.39 is 0 Å². The van der Waals surface area contributed by atoms with Gasteiger partial charge in [-0.3, -0.25) is 4.90 Å². The van der Waals surface area contributed by atoms with Crippen molar-refractivity contribution in [1.29, 1.82) is 0 Å². The van der Waals surface area contributed by atoms with Gasteiger partial charge in [0.2, 0.25) is 0 Å². The molecule has 0 aromatic carbocycles. The van der Waals surface area contributed by atoms with Gasteiger partial charge in [-0.05, 0) is 32.0 Å². The Labute approximate surface area is 151 Å². The molecular weight excluding hydrogens is 330 g/mol. The highest BCUT2D eigenvalue weighted by Gasteiger charge is 2.32. The number of aromatic nitrogens is 5. The van der Waals surface area contributed by atoms with Crippen molar-refractivity contribution in [3.63, 3.8) is 0 Å². The molecule has 2 fully saturated rings. The van der Waals surface area contributed by atoms with Gasteiger partial charge in [0.05, 0.1) is 6.20 Å². The Morgan fingerprint density at radius 2 is 2.08 bits per heavy atom. The summed E-state index contributed by atoms with van der Waals surface area (Å²) >= 11 is 0. The van der Waals surface area contributed by atoms with Crippen molar-refractivity contribution >= 4 is 11.5 Å². The van der Waals surface area contributed by atoms with Gasteiger partial charge in [0, 0.05) is 44.9 Å². The lowest BCUT2D eigenvalue weighted by molar-refractivity contribution is 0.202. The molecule has 1 saturated carbocycles. The first-order valence-electron chi connectivity index (χ1n) is 9.26. The van der Waals surface area contributed by atoms with Crippen LogP contribution in [0, 0.1) is 6.92 Å². The number of anilines is 1. The molecular formula is C18H23N7O. The van der Waals surface area contributed by atoms with E-state index in [9.17, 15) is 0 Å². The molecule has 0 spiro atoms. The summed E-state index contributed by atoms with van der Waals surface area (Å²) in [5, 5.41) is 13.3. The lowest BCUT2D eigenvalue weighted by atomic mass is 10.1. The maximum atomic E-state index is 5.55. The molecule has 1 aliphatic heterocycles. The number of fused-ring (bicyclic) bond motifs is 1. The second-order valence-corrected chi connectivity index (χ2v) is 7.43. The van der Waals surface area contributed by atoms with E-state index in [1.807, 2.05) is 29.8 Å². The van der Waals surface area contributed by atoms with Crippen LogP contribution in [0.3, 0.4) is 0 Å². The average molecular weight is 353 g/mol. The summed E-state index contributed by atoms with van der Waals surface area (Å²) in [5.41, 5.74) is 0.840. The lowest BCUT2D eigenvalue weighted by Crippen LogP contribution is -2.59. The van der Waals surface area contributed by atoms with Crippen molar-refractivity contribution in [3.05, 3.63) is 35.8 Å². The Morgan fingerprint density at radius 1 is 1.23 bits per heavy atom. The van der Waals surface area contributed by atoms with Crippen molar-refractivity contribution in [2.24, 2.45) is 0 Å². The maximum Gasteiger partial charge on any atom is 0.191 e. The molecule has 5 rings (SSSR count). The topological polar surface area (TPSA) is 75.6 Å². The molecule has 0 amide bonds. The summed E-state index contributed by atoms with van der Waals surface area (Å²) in [4.78, 5) is 8.86. The minimum Gasteiger partial charge on any atom is -0.446 e. The van der Waals surface area contributed by atoms with Crippen LogP contribution in [0.5, 0.6) is 0 Å². The summed E-state index contributed by atoms with van der Waals surface area (Å²) in [6.07, 6.45) is 5.12. The van der Waals surface area contributed by atoms with Gasteiger partial charge < -0.3 is 9.32 Å². The third-order valence-electron chi connectivity index (χ3n) is 5.41. The molecule has 0 bridgehead atoms. The number of rotatable bonds is 6. The molecule has 4 heterocycles. The number of hydrogen-bond acceptors (Lipinski definition) is 7. The molecule has 8 nitrogen and oxygen atoms in total. The largest absolute Gasteiger partial charge is 0.446 e. The van der Waals surface area contributed by atoms with Crippen LogP contribution < -0.4 is 4.90 Å². The summed E-state index contributed by atoms with van der Waals surface area (Å²) < 4.78 is 7.48.